The number of carbonyl (C=O) groups is 2. The summed E-state index contributed by atoms with van der Waals surface area (Å²) in [5, 5.41) is 30.1. The molecule has 0 amide bonds. The lowest BCUT2D eigenvalue weighted by atomic mass is 10.1. The molecule has 40 heavy (non-hydrogen) atoms. The van der Waals surface area contributed by atoms with Crippen LogP contribution >= 0.6 is 0 Å². The predicted octanol–water partition coefficient (Wildman–Crippen LogP) is 3.54. The van der Waals surface area contributed by atoms with Crippen molar-refractivity contribution in [3.05, 3.63) is 66.0 Å². The van der Waals surface area contributed by atoms with Gasteiger partial charge in [-0.2, -0.15) is 5.10 Å². The van der Waals surface area contributed by atoms with E-state index >= 15 is 0 Å². The Balaban J connectivity index is 1.27. The minimum atomic E-state index is -0.998. The van der Waals surface area contributed by atoms with Gasteiger partial charge in [-0.3, -0.25) is 24.2 Å². The van der Waals surface area contributed by atoms with Crippen LogP contribution in [-0.4, -0.2) is 66.6 Å². The smallest absolute Gasteiger partial charge is 0.305 e. The zero-order valence-electron chi connectivity index (χ0n) is 21.9. The molecule has 3 aromatic heterocycles. The number of carboxylic acid groups (broad SMARTS) is 2. The lowest BCUT2D eigenvalue weighted by Crippen LogP contribution is -2.18. The summed E-state index contributed by atoms with van der Waals surface area (Å²) in [4.78, 5) is 36.0. The van der Waals surface area contributed by atoms with Crippen molar-refractivity contribution in [2.24, 2.45) is 0 Å². The average molecular weight is 546 g/mol. The van der Waals surface area contributed by atoms with Crippen LogP contribution in [0.2, 0.25) is 0 Å². The molecule has 0 saturated heterocycles. The van der Waals surface area contributed by atoms with Gasteiger partial charge in [-0.25, -0.2) is 4.98 Å². The summed E-state index contributed by atoms with van der Waals surface area (Å²) < 4.78 is 7.64. The number of pyridine rings is 1. The molecule has 0 spiro atoms. The van der Waals surface area contributed by atoms with E-state index in [4.69, 9.17) is 14.8 Å². The Morgan fingerprint density at radius 1 is 1.10 bits per heavy atom. The topological polar surface area (TPSA) is 164 Å². The van der Waals surface area contributed by atoms with E-state index in [1.165, 1.54) is 12.4 Å². The molecule has 5 rings (SSSR count). The molecule has 1 aliphatic heterocycles. The molecule has 0 radical (unpaired) electrons. The van der Waals surface area contributed by atoms with Crippen molar-refractivity contribution in [2.75, 3.05) is 30.3 Å². The first-order valence-corrected chi connectivity index (χ1v) is 13.3. The van der Waals surface area contributed by atoms with Crippen molar-refractivity contribution in [1.29, 1.82) is 0 Å². The molecule has 0 fully saturated rings. The second-order valence-electron chi connectivity index (χ2n) is 9.60. The summed E-state index contributed by atoms with van der Waals surface area (Å²) in [6.45, 7) is 1.87. The molecular formula is C28H31N7O5. The Hall–Kier alpha value is -4.74. The third-order valence-corrected chi connectivity index (χ3v) is 6.66. The van der Waals surface area contributed by atoms with E-state index in [1.54, 1.807) is 10.9 Å². The molecule has 4 N–H and O–H groups in total. The largest absolute Gasteiger partial charge is 0.493 e. The van der Waals surface area contributed by atoms with Crippen LogP contribution in [0, 0.1) is 0 Å². The number of benzene rings is 1. The first-order chi connectivity index (χ1) is 19.5. The number of carboxylic acids is 2. The van der Waals surface area contributed by atoms with Gasteiger partial charge in [-0.1, -0.05) is 0 Å². The van der Waals surface area contributed by atoms with Gasteiger partial charge >= 0.3 is 11.9 Å². The van der Waals surface area contributed by atoms with Crippen LogP contribution in [0.15, 0.2) is 48.9 Å². The maximum absolute atomic E-state index is 11.8. The van der Waals surface area contributed by atoms with Crippen LogP contribution in [0.5, 0.6) is 5.75 Å². The fourth-order valence-corrected chi connectivity index (χ4v) is 4.72. The summed E-state index contributed by atoms with van der Waals surface area (Å²) in [7, 11) is 0. The molecule has 12 nitrogen and oxygen atoms in total. The van der Waals surface area contributed by atoms with Crippen LogP contribution in [-0.2, 0) is 22.4 Å². The van der Waals surface area contributed by atoms with Crippen molar-refractivity contribution >= 4 is 34.3 Å². The second kappa shape index (κ2) is 12.4. The van der Waals surface area contributed by atoms with Gasteiger partial charge in [-0.15, -0.1) is 0 Å². The summed E-state index contributed by atoms with van der Waals surface area (Å²) in [5.41, 5.74) is 4.39. The number of ether oxygens (including phenoxy) is 1. The number of aromatic nitrogens is 5. The van der Waals surface area contributed by atoms with Crippen molar-refractivity contribution < 1.29 is 24.5 Å². The molecule has 208 valence electrons. The number of nitrogens with zero attached hydrogens (tertiary/aromatic N) is 5. The number of fused-ring (bicyclic) bond motifs is 2. The lowest BCUT2D eigenvalue weighted by molar-refractivity contribution is -0.138. The number of anilines is 2. The molecule has 1 aliphatic rings. The molecule has 4 aromatic rings. The van der Waals surface area contributed by atoms with E-state index in [0.717, 1.165) is 47.4 Å². The highest BCUT2D eigenvalue weighted by Gasteiger charge is 2.23. The number of aliphatic carboxylic acids is 2. The first kappa shape index (κ1) is 26.9. The Labute approximate surface area is 230 Å². The van der Waals surface area contributed by atoms with Crippen LogP contribution < -0.4 is 15.4 Å². The second-order valence-corrected chi connectivity index (χ2v) is 9.60. The van der Waals surface area contributed by atoms with E-state index in [2.05, 4.69) is 31.8 Å². The standard InChI is InChI=1S/C28H31N7O5/c36-27(37)4-2-11-31-26-17-29-16-23(34-26)25(14-28(38)39)35-24-8-6-20(13-18(24)15-32-35)40-12-9-19-5-7-21-22(33-19)3-1-10-30-21/h5-8,13,15-17,25,30H,1-4,9-12,14H2,(H,31,34)(H,36,37)(H,38,39). The maximum atomic E-state index is 11.8. The van der Waals surface area contributed by atoms with E-state index in [9.17, 15) is 14.7 Å². The number of nitrogens with one attached hydrogen (secondary N) is 2. The molecule has 0 saturated carbocycles. The average Bonchev–Trinajstić information content (AvgIpc) is 3.37. The zero-order chi connectivity index (χ0) is 27.9. The van der Waals surface area contributed by atoms with Crippen molar-refractivity contribution in [3.8, 4) is 5.75 Å². The summed E-state index contributed by atoms with van der Waals surface area (Å²) >= 11 is 0. The van der Waals surface area contributed by atoms with Crippen LogP contribution in [0.1, 0.15) is 48.8 Å². The molecule has 1 atom stereocenters. The van der Waals surface area contributed by atoms with Crippen molar-refractivity contribution in [2.45, 2.75) is 44.6 Å². The highest BCUT2D eigenvalue weighted by atomic mass is 16.5. The van der Waals surface area contributed by atoms with Crippen molar-refractivity contribution in [1.82, 2.24) is 24.7 Å². The van der Waals surface area contributed by atoms with Crippen molar-refractivity contribution in [3.63, 3.8) is 0 Å². The monoisotopic (exact) mass is 545 g/mol. The third-order valence-electron chi connectivity index (χ3n) is 6.66. The Bertz CT molecular complexity index is 1510. The molecule has 1 aromatic carbocycles. The van der Waals surface area contributed by atoms with Crippen LogP contribution in [0.25, 0.3) is 10.9 Å². The Kier molecular flexibility index (Phi) is 8.33. The van der Waals surface area contributed by atoms with Gasteiger partial charge in [0.2, 0.25) is 0 Å². The fraction of sp³-hybridized carbons (Fsp3) is 0.357. The quantitative estimate of drug-likeness (QED) is 0.182. The van der Waals surface area contributed by atoms with Gasteiger partial charge in [0.25, 0.3) is 0 Å². The third kappa shape index (κ3) is 6.63. The van der Waals surface area contributed by atoms with Gasteiger partial charge in [0.1, 0.15) is 17.6 Å². The normalized spacial score (nSPS) is 13.3. The van der Waals surface area contributed by atoms with E-state index in [-0.39, 0.29) is 12.8 Å². The van der Waals surface area contributed by atoms with Gasteiger partial charge in [-0.05, 0) is 49.6 Å². The lowest BCUT2D eigenvalue weighted by Gasteiger charge is -2.18. The number of rotatable bonds is 13. The Morgan fingerprint density at radius 3 is 2.85 bits per heavy atom. The summed E-state index contributed by atoms with van der Waals surface area (Å²) in [6.07, 6.45) is 7.70. The number of hydrogen-bond acceptors (Lipinski definition) is 9. The number of hydrogen-bond donors (Lipinski definition) is 4. The highest BCUT2D eigenvalue weighted by Crippen LogP contribution is 2.28. The molecule has 12 heteroatoms. The van der Waals surface area contributed by atoms with Gasteiger partial charge < -0.3 is 25.6 Å². The van der Waals surface area contributed by atoms with Crippen LogP contribution in [0.4, 0.5) is 11.5 Å². The van der Waals surface area contributed by atoms with Gasteiger partial charge in [0, 0.05) is 37.0 Å². The molecular weight excluding hydrogens is 514 g/mol. The molecule has 1 unspecified atom stereocenters. The predicted molar refractivity (Wildman–Crippen MR) is 148 cm³/mol. The molecule has 4 heterocycles. The first-order valence-electron chi connectivity index (χ1n) is 13.3. The van der Waals surface area contributed by atoms with Gasteiger partial charge in [0.15, 0.2) is 0 Å². The molecule has 0 aliphatic carbocycles. The maximum Gasteiger partial charge on any atom is 0.305 e. The van der Waals surface area contributed by atoms with Gasteiger partial charge in [0.05, 0.1) is 54.2 Å². The SMILES string of the molecule is O=C(O)CCCNc1cncc(C(CC(=O)O)n2ncc3cc(OCCc4ccc5c(n4)CCCN5)ccc32)n1. The molecule has 0 bridgehead atoms. The summed E-state index contributed by atoms with van der Waals surface area (Å²) in [6, 6.07) is 9.00. The minimum absolute atomic E-state index is 0.0371. The van der Waals surface area contributed by atoms with E-state index in [0.29, 0.717) is 43.3 Å². The highest BCUT2D eigenvalue weighted by molar-refractivity contribution is 5.81. The van der Waals surface area contributed by atoms with E-state index < -0.39 is 18.0 Å². The Morgan fingerprint density at radius 2 is 2.00 bits per heavy atom. The van der Waals surface area contributed by atoms with Crippen LogP contribution in [0.3, 0.4) is 0 Å². The summed E-state index contributed by atoms with van der Waals surface area (Å²) in [5.74, 6) is -0.739. The zero-order valence-corrected chi connectivity index (χ0v) is 21.9. The number of aryl methyl sites for hydroxylation is 1. The van der Waals surface area contributed by atoms with E-state index in [1.807, 2.05) is 24.3 Å². The fourth-order valence-electron chi connectivity index (χ4n) is 4.72. The minimum Gasteiger partial charge on any atom is -0.493 e.